The van der Waals surface area contributed by atoms with E-state index in [-0.39, 0.29) is 6.03 Å². The Kier molecular flexibility index (Phi) is 5.57. The molecule has 3 heterocycles. The Labute approximate surface area is 193 Å². The van der Waals surface area contributed by atoms with Gasteiger partial charge in [-0.2, -0.15) is 4.98 Å². The van der Waals surface area contributed by atoms with E-state index in [1.165, 1.54) is 11.3 Å². The number of rotatable bonds is 2. The summed E-state index contributed by atoms with van der Waals surface area (Å²) in [6.07, 6.45) is 4.72. The molecule has 1 aliphatic rings. The lowest BCUT2D eigenvalue weighted by Gasteiger charge is -2.14. The lowest BCUT2D eigenvalue weighted by atomic mass is 10.0. The van der Waals surface area contributed by atoms with Crippen LogP contribution >= 0.6 is 22.9 Å². The normalized spacial score (nSPS) is 12.3. The van der Waals surface area contributed by atoms with Gasteiger partial charge in [-0.05, 0) is 54.3 Å². The van der Waals surface area contributed by atoms with Crippen LogP contribution in [0.25, 0.3) is 0 Å². The minimum Gasteiger partial charge on any atom is -0.339 e. The van der Waals surface area contributed by atoms with Gasteiger partial charge >= 0.3 is 6.03 Å². The SMILES string of the molecule is O=C(Nc1nccs1)Nc1ccc2cc1CCc1cccc(c1)Nc1ncc(Cl)c(n1)N2. The van der Waals surface area contributed by atoms with Gasteiger partial charge in [0, 0.05) is 28.6 Å². The molecule has 160 valence electrons. The van der Waals surface area contributed by atoms with Gasteiger partial charge in [0.15, 0.2) is 10.9 Å². The number of aromatic nitrogens is 3. The van der Waals surface area contributed by atoms with Crippen molar-refractivity contribution in [3.63, 3.8) is 0 Å². The van der Waals surface area contributed by atoms with Crippen molar-refractivity contribution in [3.05, 3.63) is 76.4 Å². The van der Waals surface area contributed by atoms with Gasteiger partial charge < -0.3 is 16.0 Å². The summed E-state index contributed by atoms with van der Waals surface area (Å²) < 4.78 is 0. The molecule has 1 aliphatic heterocycles. The number of halogens is 1. The molecule has 4 N–H and O–H groups in total. The Balaban J connectivity index is 1.49. The molecule has 0 fully saturated rings. The largest absolute Gasteiger partial charge is 0.339 e. The fraction of sp³-hybridized carbons (Fsp3) is 0.0909. The molecule has 0 radical (unpaired) electrons. The maximum atomic E-state index is 12.5. The number of fused-ring (bicyclic) bond motifs is 6. The van der Waals surface area contributed by atoms with Crippen LogP contribution < -0.4 is 21.3 Å². The first kappa shape index (κ1) is 20.2. The van der Waals surface area contributed by atoms with E-state index in [2.05, 4.69) is 48.4 Å². The Bertz CT molecular complexity index is 1280. The summed E-state index contributed by atoms with van der Waals surface area (Å²) in [5.41, 5.74) is 4.56. The molecule has 0 spiro atoms. The predicted octanol–water partition coefficient (Wildman–Crippen LogP) is 5.82. The van der Waals surface area contributed by atoms with Crippen LogP contribution in [-0.2, 0) is 12.8 Å². The molecule has 2 aromatic carbocycles. The third kappa shape index (κ3) is 4.63. The second-order valence-electron chi connectivity index (χ2n) is 7.13. The zero-order chi connectivity index (χ0) is 21.9. The molecule has 0 saturated carbocycles. The van der Waals surface area contributed by atoms with Crippen LogP contribution in [-0.4, -0.2) is 21.0 Å². The molecule has 0 atom stereocenters. The summed E-state index contributed by atoms with van der Waals surface area (Å²) in [6.45, 7) is 0. The number of thiazole rings is 1. The number of urea groups is 1. The van der Waals surface area contributed by atoms with Gasteiger partial charge in [-0.3, -0.25) is 5.32 Å². The Morgan fingerprint density at radius 1 is 1.03 bits per heavy atom. The van der Waals surface area contributed by atoms with E-state index < -0.39 is 0 Å². The number of aryl methyl sites for hydroxylation is 2. The number of hydrogen-bond donors (Lipinski definition) is 4. The van der Waals surface area contributed by atoms with Gasteiger partial charge in [-0.15, -0.1) is 11.3 Å². The van der Waals surface area contributed by atoms with Crippen molar-refractivity contribution in [1.82, 2.24) is 15.0 Å². The van der Waals surface area contributed by atoms with E-state index in [1.54, 1.807) is 17.8 Å². The Hall–Kier alpha value is -3.69. The van der Waals surface area contributed by atoms with Crippen LogP contribution in [0.15, 0.2) is 60.2 Å². The minimum absolute atomic E-state index is 0.338. The first-order valence-corrected chi connectivity index (χ1v) is 11.1. The highest BCUT2D eigenvalue weighted by molar-refractivity contribution is 7.13. The average Bonchev–Trinajstić information content (AvgIpc) is 3.29. The first-order chi connectivity index (χ1) is 15.6. The standard InChI is InChI=1S/C22H18ClN7OS/c23-17-12-25-20-27-15-3-1-2-13(10-15)4-5-14-11-16(26-19(17)29-20)6-7-18(14)28-21(31)30-22-24-8-9-32-22/h1-3,6-12H,4-5H2,(H2,24,28,30,31)(H2,25,26,27,29). The number of carbonyl (C=O) groups is 1. The summed E-state index contributed by atoms with van der Waals surface area (Å²) in [6, 6.07) is 13.5. The lowest BCUT2D eigenvalue weighted by Crippen LogP contribution is -2.20. The molecule has 32 heavy (non-hydrogen) atoms. The van der Waals surface area contributed by atoms with E-state index in [9.17, 15) is 4.79 Å². The number of carbonyl (C=O) groups excluding carboxylic acids is 1. The summed E-state index contributed by atoms with van der Waals surface area (Å²) in [7, 11) is 0. The molecule has 2 aromatic heterocycles. The molecule has 2 amide bonds. The van der Waals surface area contributed by atoms with Crippen molar-refractivity contribution < 1.29 is 4.79 Å². The number of anilines is 6. The summed E-state index contributed by atoms with van der Waals surface area (Å²) in [5, 5.41) is 14.9. The predicted molar refractivity (Wildman–Crippen MR) is 129 cm³/mol. The van der Waals surface area contributed by atoms with Crippen LogP contribution in [0, 0.1) is 0 Å². The van der Waals surface area contributed by atoms with Gasteiger partial charge in [0.05, 0.1) is 6.20 Å². The smallest absolute Gasteiger partial charge is 0.325 e. The number of nitrogens with zero attached hydrogens (tertiary/aromatic N) is 3. The van der Waals surface area contributed by atoms with Crippen molar-refractivity contribution >= 4 is 62.9 Å². The minimum atomic E-state index is -0.338. The first-order valence-electron chi connectivity index (χ1n) is 9.88. The van der Waals surface area contributed by atoms with E-state index in [0.29, 0.717) is 21.9 Å². The maximum absolute atomic E-state index is 12.5. The quantitative estimate of drug-likeness (QED) is 0.299. The van der Waals surface area contributed by atoms with Crippen molar-refractivity contribution in [1.29, 1.82) is 0 Å². The molecule has 6 bridgehead atoms. The van der Waals surface area contributed by atoms with Gasteiger partial charge in [0.1, 0.15) is 5.02 Å². The Morgan fingerprint density at radius 2 is 1.94 bits per heavy atom. The van der Waals surface area contributed by atoms with E-state index in [0.717, 1.165) is 41.0 Å². The van der Waals surface area contributed by atoms with Crippen LogP contribution in [0.1, 0.15) is 11.1 Å². The number of amides is 2. The van der Waals surface area contributed by atoms with Crippen molar-refractivity contribution in [2.75, 3.05) is 21.3 Å². The monoisotopic (exact) mass is 463 g/mol. The molecule has 10 heteroatoms. The van der Waals surface area contributed by atoms with Gasteiger partial charge in [-0.25, -0.2) is 14.8 Å². The van der Waals surface area contributed by atoms with Gasteiger partial charge in [0.2, 0.25) is 5.95 Å². The molecule has 0 saturated heterocycles. The van der Waals surface area contributed by atoms with Gasteiger partial charge in [-0.1, -0.05) is 23.7 Å². The molecular formula is C22H18ClN7OS. The Morgan fingerprint density at radius 3 is 2.81 bits per heavy atom. The van der Waals surface area contributed by atoms with Crippen LogP contribution in [0.3, 0.4) is 0 Å². The van der Waals surface area contributed by atoms with Crippen LogP contribution in [0.4, 0.5) is 38.8 Å². The number of nitrogens with one attached hydrogen (secondary N) is 4. The second-order valence-corrected chi connectivity index (χ2v) is 8.43. The highest BCUT2D eigenvalue weighted by atomic mass is 35.5. The second kappa shape index (κ2) is 8.81. The third-order valence-electron chi connectivity index (χ3n) is 4.88. The van der Waals surface area contributed by atoms with Gasteiger partial charge in [0.25, 0.3) is 0 Å². The highest BCUT2D eigenvalue weighted by Gasteiger charge is 2.13. The van der Waals surface area contributed by atoms with E-state index >= 15 is 0 Å². The molecular weight excluding hydrogens is 446 g/mol. The fourth-order valence-corrected chi connectivity index (χ4v) is 4.06. The molecule has 0 aliphatic carbocycles. The zero-order valence-electron chi connectivity index (χ0n) is 16.7. The summed E-state index contributed by atoms with van der Waals surface area (Å²) in [5.74, 6) is 0.943. The summed E-state index contributed by atoms with van der Waals surface area (Å²) >= 11 is 7.68. The zero-order valence-corrected chi connectivity index (χ0v) is 18.3. The average molecular weight is 464 g/mol. The van der Waals surface area contributed by atoms with Crippen molar-refractivity contribution in [2.24, 2.45) is 0 Å². The molecule has 5 rings (SSSR count). The summed E-state index contributed by atoms with van der Waals surface area (Å²) in [4.78, 5) is 25.3. The molecule has 8 nitrogen and oxygen atoms in total. The van der Waals surface area contributed by atoms with Crippen molar-refractivity contribution in [3.8, 4) is 0 Å². The fourth-order valence-electron chi connectivity index (χ4n) is 3.40. The number of benzene rings is 2. The van der Waals surface area contributed by atoms with Crippen molar-refractivity contribution in [2.45, 2.75) is 12.8 Å². The molecule has 0 unspecified atom stereocenters. The van der Waals surface area contributed by atoms with Crippen LogP contribution in [0.2, 0.25) is 5.02 Å². The topological polar surface area (TPSA) is 104 Å². The number of hydrogen-bond acceptors (Lipinski definition) is 7. The highest BCUT2D eigenvalue weighted by Crippen LogP contribution is 2.29. The van der Waals surface area contributed by atoms with E-state index in [4.69, 9.17) is 11.6 Å². The lowest BCUT2D eigenvalue weighted by molar-refractivity contribution is 0.262. The van der Waals surface area contributed by atoms with Crippen LogP contribution in [0.5, 0.6) is 0 Å². The third-order valence-corrected chi connectivity index (χ3v) is 5.84. The van der Waals surface area contributed by atoms with E-state index in [1.807, 2.05) is 30.3 Å². The maximum Gasteiger partial charge on any atom is 0.325 e. The molecule has 4 aromatic rings.